The summed E-state index contributed by atoms with van der Waals surface area (Å²) in [5.41, 5.74) is 0.257. The lowest BCUT2D eigenvalue weighted by molar-refractivity contribution is -0.000714. The van der Waals surface area contributed by atoms with E-state index in [1.54, 1.807) is 0 Å². The highest BCUT2D eigenvalue weighted by atomic mass is 32.2. The number of nitrogens with zero attached hydrogens (tertiary/aromatic N) is 1. The quantitative estimate of drug-likeness (QED) is 0.840. The molecule has 1 aliphatic carbocycles. The summed E-state index contributed by atoms with van der Waals surface area (Å²) in [7, 11) is 0. The summed E-state index contributed by atoms with van der Waals surface area (Å²) in [6.45, 7) is 7.43. The first-order chi connectivity index (χ1) is 8.15. The molecule has 0 radical (unpaired) electrons. The lowest BCUT2D eigenvalue weighted by Crippen LogP contribution is -2.49. The van der Waals surface area contributed by atoms with Crippen LogP contribution in [0.5, 0.6) is 0 Å². The van der Waals surface area contributed by atoms with Crippen molar-refractivity contribution in [3.8, 4) is 0 Å². The Morgan fingerprint density at radius 1 is 1.47 bits per heavy atom. The Labute approximate surface area is 109 Å². The van der Waals surface area contributed by atoms with Crippen LogP contribution < -0.4 is 5.32 Å². The smallest absolute Gasteiger partial charge is 0.157 e. The molecule has 1 saturated heterocycles. The zero-order valence-electron chi connectivity index (χ0n) is 11.2. The molecule has 2 fully saturated rings. The van der Waals surface area contributed by atoms with Gasteiger partial charge in [0.25, 0.3) is 0 Å². The number of rotatable bonds is 4. The van der Waals surface area contributed by atoms with Gasteiger partial charge in [0.2, 0.25) is 0 Å². The maximum atomic E-state index is 5.56. The first-order valence-corrected chi connectivity index (χ1v) is 7.74. The minimum Gasteiger partial charge on any atom is -0.378 e. The van der Waals surface area contributed by atoms with Gasteiger partial charge in [0.15, 0.2) is 5.17 Å². The molecule has 1 aliphatic heterocycles. The molecule has 1 saturated carbocycles. The van der Waals surface area contributed by atoms with Crippen molar-refractivity contribution in [2.75, 3.05) is 12.4 Å². The Hall–Kier alpha value is -0.220. The van der Waals surface area contributed by atoms with Gasteiger partial charge in [-0.1, -0.05) is 18.7 Å². The molecule has 1 N–H and O–H groups in total. The van der Waals surface area contributed by atoms with Crippen molar-refractivity contribution >= 4 is 16.9 Å². The number of amidine groups is 1. The molecular weight excluding hydrogens is 232 g/mol. The van der Waals surface area contributed by atoms with E-state index in [1.807, 2.05) is 11.8 Å². The highest BCUT2D eigenvalue weighted by Crippen LogP contribution is 2.30. The minimum absolute atomic E-state index is 0.257. The number of hydrogen-bond donors (Lipinski definition) is 1. The predicted molar refractivity (Wildman–Crippen MR) is 74.8 cm³/mol. The van der Waals surface area contributed by atoms with E-state index in [9.17, 15) is 0 Å². The van der Waals surface area contributed by atoms with Crippen LogP contribution in [0.3, 0.4) is 0 Å². The van der Waals surface area contributed by atoms with Gasteiger partial charge in [-0.25, -0.2) is 0 Å². The van der Waals surface area contributed by atoms with Gasteiger partial charge in [0.1, 0.15) is 0 Å². The van der Waals surface area contributed by atoms with Crippen LogP contribution in [0.25, 0.3) is 0 Å². The third-order valence-corrected chi connectivity index (χ3v) is 4.74. The fraction of sp³-hybridized carbons (Fsp3) is 0.923. The van der Waals surface area contributed by atoms with Gasteiger partial charge in [-0.2, -0.15) is 0 Å². The first-order valence-electron chi connectivity index (χ1n) is 6.75. The molecule has 0 spiro atoms. The molecule has 0 amide bonds. The second-order valence-electron chi connectivity index (χ2n) is 5.27. The minimum atomic E-state index is 0.257. The van der Waals surface area contributed by atoms with Crippen molar-refractivity contribution in [3.63, 3.8) is 0 Å². The molecule has 1 unspecified atom stereocenters. The molecule has 3 nitrogen and oxygen atoms in total. The zero-order chi connectivity index (χ0) is 12.3. The molecule has 0 aromatic carbocycles. The van der Waals surface area contributed by atoms with E-state index in [-0.39, 0.29) is 5.54 Å². The van der Waals surface area contributed by atoms with Gasteiger partial charge >= 0.3 is 0 Å². The highest BCUT2D eigenvalue weighted by molar-refractivity contribution is 8.13. The molecule has 1 atom stereocenters. The largest absolute Gasteiger partial charge is 0.378 e. The van der Waals surface area contributed by atoms with Gasteiger partial charge in [-0.3, -0.25) is 4.99 Å². The average Bonchev–Trinajstić information content (AvgIpc) is 2.27. The molecule has 4 heteroatoms. The summed E-state index contributed by atoms with van der Waals surface area (Å²) in [5, 5.41) is 4.75. The van der Waals surface area contributed by atoms with Crippen LogP contribution >= 0.6 is 11.8 Å². The van der Waals surface area contributed by atoms with Crippen molar-refractivity contribution in [3.05, 3.63) is 0 Å². The maximum Gasteiger partial charge on any atom is 0.157 e. The summed E-state index contributed by atoms with van der Waals surface area (Å²) in [5.74, 6) is 1.19. The Morgan fingerprint density at radius 3 is 2.88 bits per heavy atom. The summed E-state index contributed by atoms with van der Waals surface area (Å²) in [6.07, 6.45) is 5.06. The molecule has 0 bridgehead atoms. The van der Waals surface area contributed by atoms with E-state index in [4.69, 9.17) is 9.73 Å². The average molecular weight is 256 g/mol. The van der Waals surface area contributed by atoms with Crippen LogP contribution in [-0.2, 0) is 4.74 Å². The molecule has 1 heterocycles. The third kappa shape index (κ3) is 3.38. The maximum absolute atomic E-state index is 5.56. The van der Waals surface area contributed by atoms with Crippen molar-refractivity contribution in [2.45, 2.75) is 64.1 Å². The second kappa shape index (κ2) is 5.61. The van der Waals surface area contributed by atoms with Crippen LogP contribution in [0.4, 0.5) is 0 Å². The molecular formula is C13H24N2OS. The molecule has 98 valence electrons. The van der Waals surface area contributed by atoms with Crippen molar-refractivity contribution in [1.82, 2.24) is 5.32 Å². The molecule has 0 aromatic heterocycles. The molecule has 17 heavy (non-hydrogen) atoms. The van der Waals surface area contributed by atoms with Gasteiger partial charge in [-0.15, -0.1) is 0 Å². The van der Waals surface area contributed by atoms with E-state index >= 15 is 0 Å². The summed E-state index contributed by atoms with van der Waals surface area (Å²) in [6, 6.07) is 0.487. The SMILES string of the molecule is CCOC1CC(N=C2NC(C)(CC)CCS2)C1. The normalized spacial score (nSPS) is 39.8. The molecule has 0 aromatic rings. The van der Waals surface area contributed by atoms with Crippen LogP contribution in [0.2, 0.25) is 0 Å². The topological polar surface area (TPSA) is 33.6 Å². The monoisotopic (exact) mass is 256 g/mol. The molecule has 2 aliphatic rings. The van der Waals surface area contributed by atoms with Crippen LogP contribution in [0.1, 0.15) is 46.5 Å². The Balaban J connectivity index is 1.82. The number of thioether (sulfide) groups is 1. The first kappa shape index (κ1) is 13.2. The van der Waals surface area contributed by atoms with E-state index in [0.717, 1.165) is 24.6 Å². The van der Waals surface area contributed by atoms with Gasteiger partial charge in [0.05, 0.1) is 12.1 Å². The van der Waals surface area contributed by atoms with Crippen molar-refractivity contribution < 1.29 is 4.74 Å². The van der Waals surface area contributed by atoms with Gasteiger partial charge < -0.3 is 10.1 Å². The predicted octanol–water partition coefficient (Wildman–Crippen LogP) is 2.81. The summed E-state index contributed by atoms with van der Waals surface area (Å²) < 4.78 is 5.56. The summed E-state index contributed by atoms with van der Waals surface area (Å²) in [4.78, 5) is 4.81. The van der Waals surface area contributed by atoms with E-state index < -0.39 is 0 Å². The number of nitrogens with one attached hydrogen (secondary N) is 1. The fourth-order valence-corrected chi connectivity index (χ4v) is 3.53. The van der Waals surface area contributed by atoms with Crippen molar-refractivity contribution in [1.29, 1.82) is 0 Å². The zero-order valence-corrected chi connectivity index (χ0v) is 12.0. The molecule has 2 rings (SSSR count). The number of aliphatic imine (C=N–C) groups is 1. The standard InChI is InChI=1S/C13H24N2OS/c1-4-13(3)6-7-17-12(15-13)14-10-8-11(9-10)16-5-2/h10-11H,4-9H2,1-3H3,(H,14,15). The van der Waals surface area contributed by atoms with Crippen LogP contribution in [-0.4, -0.2) is 35.2 Å². The third-order valence-electron chi connectivity index (χ3n) is 3.85. The van der Waals surface area contributed by atoms with E-state index in [1.165, 1.54) is 18.6 Å². The van der Waals surface area contributed by atoms with E-state index in [0.29, 0.717) is 12.1 Å². The number of ether oxygens (including phenoxy) is 1. The number of hydrogen-bond acceptors (Lipinski definition) is 3. The van der Waals surface area contributed by atoms with Crippen LogP contribution in [0.15, 0.2) is 4.99 Å². The highest BCUT2D eigenvalue weighted by Gasteiger charge is 2.32. The summed E-state index contributed by atoms with van der Waals surface area (Å²) >= 11 is 1.87. The lowest BCUT2D eigenvalue weighted by atomic mass is 9.90. The lowest BCUT2D eigenvalue weighted by Gasteiger charge is -2.37. The Morgan fingerprint density at radius 2 is 2.24 bits per heavy atom. The van der Waals surface area contributed by atoms with Gasteiger partial charge in [0, 0.05) is 17.9 Å². The fourth-order valence-electron chi connectivity index (χ4n) is 2.25. The van der Waals surface area contributed by atoms with Crippen molar-refractivity contribution in [2.24, 2.45) is 4.99 Å². The Bertz CT molecular complexity index is 289. The van der Waals surface area contributed by atoms with Gasteiger partial charge in [-0.05, 0) is 39.5 Å². The van der Waals surface area contributed by atoms with E-state index in [2.05, 4.69) is 26.1 Å². The Kier molecular flexibility index (Phi) is 4.36. The van der Waals surface area contributed by atoms with Crippen LogP contribution in [0, 0.1) is 0 Å². The second-order valence-corrected chi connectivity index (χ2v) is 6.36.